The van der Waals surface area contributed by atoms with Crippen molar-refractivity contribution in [3.63, 3.8) is 0 Å². The number of guanidine groups is 1. The van der Waals surface area contributed by atoms with Crippen LogP contribution in [0.25, 0.3) is 0 Å². The van der Waals surface area contributed by atoms with Crippen molar-refractivity contribution < 1.29 is 8.42 Å². The third-order valence-corrected chi connectivity index (χ3v) is 4.53. The van der Waals surface area contributed by atoms with E-state index in [2.05, 4.69) is 20.0 Å². The van der Waals surface area contributed by atoms with E-state index in [1.807, 2.05) is 38.1 Å². The Morgan fingerprint density at radius 1 is 1.48 bits per heavy atom. The van der Waals surface area contributed by atoms with Gasteiger partial charge in [-0.1, -0.05) is 0 Å². The molecule has 0 atom stereocenters. The molecule has 0 saturated carbocycles. The van der Waals surface area contributed by atoms with Crippen LogP contribution in [-0.2, 0) is 16.6 Å². The number of hydrogen-bond acceptors (Lipinski definition) is 5. The van der Waals surface area contributed by atoms with E-state index in [4.69, 9.17) is 0 Å². The van der Waals surface area contributed by atoms with Crippen LogP contribution >= 0.6 is 35.3 Å². The van der Waals surface area contributed by atoms with Gasteiger partial charge in [0.1, 0.15) is 0 Å². The second-order valence-electron chi connectivity index (χ2n) is 5.87. The van der Waals surface area contributed by atoms with Gasteiger partial charge in [0.15, 0.2) is 5.96 Å². The second-order valence-corrected chi connectivity index (χ2v) is 8.68. The van der Waals surface area contributed by atoms with E-state index in [9.17, 15) is 8.42 Å². The Hall–Kier alpha value is -0.460. The predicted octanol–water partition coefficient (Wildman–Crippen LogP) is 1.40. The van der Waals surface area contributed by atoms with E-state index < -0.39 is 15.6 Å². The zero-order chi connectivity index (χ0) is 17.0. The Bertz CT molecular complexity index is 628. The van der Waals surface area contributed by atoms with Gasteiger partial charge in [0.2, 0.25) is 10.0 Å². The van der Waals surface area contributed by atoms with E-state index in [0.29, 0.717) is 19.0 Å². The number of aryl methyl sites for hydroxylation is 1. The van der Waals surface area contributed by atoms with E-state index in [-0.39, 0.29) is 24.0 Å². The molecule has 10 heteroatoms. The molecule has 134 valence electrons. The smallest absolute Gasteiger partial charge is 0.209 e. The molecule has 0 aliphatic carbocycles. The van der Waals surface area contributed by atoms with Crippen molar-refractivity contribution in [2.75, 3.05) is 26.9 Å². The van der Waals surface area contributed by atoms with Gasteiger partial charge < -0.3 is 10.2 Å². The normalized spacial score (nSPS) is 12.7. The highest BCUT2D eigenvalue weighted by molar-refractivity contribution is 14.0. The highest BCUT2D eigenvalue weighted by Gasteiger charge is 2.23. The van der Waals surface area contributed by atoms with Crippen LogP contribution in [0, 0.1) is 6.92 Å². The number of aromatic nitrogens is 1. The van der Waals surface area contributed by atoms with Crippen LogP contribution in [-0.4, -0.2) is 56.7 Å². The summed E-state index contributed by atoms with van der Waals surface area (Å²) in [6.07, 6.45) is 1.15. The lowest BCUT2D eigenvalue weighted by Crippen LogP contribution is -2.53. The van der Waals surface area contributed by atoms with Crippen molar-refractivity contribution in [1.82, 2.24) is 19.9 Å². The van der Waals surface area contributed by atoms with Crippen molar-refractivity contribution >= 4 is 51.3 Å². The summed E-state index contributed by atoms with van der Waals surface area (Å²) < 4.78 is 25.3. The molecule has 0 saturated heterocycles. The van der Waals surface area contributed by atoms with E-state index >= 15 is 0 Å². The molecule has 7 nitrogen and oxygen atoms in total. The molecule has 1 aromatic rings. The van der Waals surface area contributed by atoms with Crippen molar-refractivity contribution in [1.29, 1.82) is 0 Å². The fourth-order valence-electron chi connectivity index (χ4n) is 2.02. The van der Waals surface area contributed by atoms with Crippen molar-refractivity contribution in [2.24, 2.45) is 4.99 Å². The lowest BCUT2D eigenvalue weighted by Gasteiger charge is -2.28. The van der Waals surface area contributed by atoms with Gasteiger partial charge in [0, 0.05) is 31.6 Å². The van der Waals surface area contributed by atoms with Crippen LogP contribution in [0.5, 0.6) is 0 Å². The highest BCUT2D eigenvalue weighted by atomic mass is 127. The maximum Gasteiger partial charge on any atom is 0.209 e. The number of sulfonamides is 1. The zero-order valence-electron chi connectivity index (χ0n) is 14.4. The Kier molecular flexibility index (Phi) is 8.95. The summed E-state index contributed by atoms with van der Waals surface area (Å²) in [4.78, 5) is 10.6. The third-order valence-electron chi connectivity index (χ3n) is 2.79. The fourth-order valence-corrected chi connectivity index (χ4v) is 3.70. The Balaban J connectivity index is 0.00000484. The molecule has 23 heavy (non-hydrogen) atoms. The number of rotatable bonds is 6. The molecule has 0 unspecified atom stereocenters. The summed E-state index contributed by atoms with van der Waals surface area (Å²) in [5.41, 5.74) is 0.378. The minimum Gasteiger partial charge on any atom is -0.354 e. The summed E-state index contributed by atoms with van der Waals surface area (Å²) in [5, 5.41) is 6.24. The molecule has 0 spiro atoms. The summed E-state index contributed by atoms with van der Waals surface area (Å²) in [5.74, 6) is 0.689. The zero-order valence-corrected chi connectivity index (χ0v) is 18.3. The van der Waals surface area contributed by atoms with Gasteiger partial charge in [0.05, 0.1) is 23.5 Å². The first kappa shape index (κ1) is 22.5. The molecule has 0 amide bonds. The van der Waals surface area contributed by atoms with Crippen LogP contribution in [0.15, 0.2) is 10.4 Å². The van der Waals surface area contributed by atoms with Gasteiger partial charge in [-0.15, -0.1) is 35.3 Å². The fraction of sp³-hybridized carbons (Fsp3) is 0.692. The van der Waals surface area contributed by atoms with Crippen molar-refractivity contribution in [3.05, 3.63) is 16.1 Å². The quantitative estimate of drug-likeness (QED) is 0.369. The van der Waals surface area contributed by atoms with Gasteiger partial charge in [0.25, 0.3) is 0 Å². The third kappa shape index (κ3) is 8.82. The van der Waals surface area contributed by atoms with Crippen molar-refractivity contribution in [3.8, 4) is 0 Å². The average molecular weight is 475 g/mol. The maximum absolute atomic E-state index is 11.4. The molecule has 1 rings (SSSR count). The molecule has 0 aliphatic heterocycles. The summed E-state index contributed by atoms with van der Waals surface area (Å²) in [6, 6.07) is 0. The molecule has 1 aromatic heterocycles. The maximum atomic E-state index is 11.4. The molecule has 0 bridgehead atoms. The van der Waals surface area contributed by atoms with E-state index in [1.54, 1.807) is 18.4 Å². The monoisotopic (exact) mass is 475 g/mol. The molecule has 0 aliphatic rings. The Labute approximate surface area is 160 Å². The lowest BCUT2D eigenvalue weighted by molar-refractivity contribution is 0.421. The van der Waals surface area contributed by atoms with E-state index in [0.717, 1.165) is 17.0 Å². The highest BCUT2D eigenvalue weighted by Crippen LogP contribution is 2.10. The van der Waals surface area contributed by atoms with Gasteiger partial charge in [-0.25, -0.2) is 18.1 Å². The number of hydrogen-bond donors (Lipinski definition) is 2. The summed E-state index contributed by atoms with van der Waals surface area (Å²) in [6.45, 7) is 6.67. The molecule has 0 radical (unpaired) electrons. The first-order valence-electron chi connectivity index (χ1n) is 6.84. The summed E-state index contributed by atoms with van der Waals surface area (Å²) >= 11 is 1.61. The van der Waals surface area contributed by atoms with Gasteiger partial charge >= 0.3 is 0 Å². The minimum absolute atomic E-state index is 0. The molecular formula is C13H26IN5O2S2. The van der Waals surface area contributed by atoms with Gasteiger partial charge in [-0.05, 0) is 20.8 Å². The topological polar surface area (TPSA) is 86.7 Å². The second kappa shape index (κ2) is 9.14. The standard InChI is InChI=1S/C13H25N5O2S2.HI/c1-10-16-11(8-21-10)7-18(5)12(14-4)15-9-13(2,3)17-22(6,19)20;/h8,17H,7,9H2,1-6H3,(H,14,15);1H. The van der Waals surface area contributed by atoms with Crippen LogP contribution in [0.4, 0.5) is 0 Å². The molecule has 1 heterocycles. The van der Waals surface area contributed by atoms with Crippen LogP contribution in [0.3, 0.4) is 0 Å². The summed E-state index contributed by atoms with van der Waals surface area (Å²) in [7, 11) is 0.360. The number of nitrogens with one attached hydrogen (secondary N) is 2. The first-order valence-corrected chi connectivity index (χ1v) is 9.61. The molecule has 2 N–H and O–H groups in total. The minimum atomic E-state index is -3.25. The molecule has 0 fully saturated rings. The molecule has 0 aromatic carbocycles. The van der Waals surface area contributed by atoms with Crippen molar-refractivity contribution in [2.45, 2.75) is 32.9 Å². The Morgan fingerprint density at radius 2 is 2.09 bits per heavy atom. The Morgan fingerprint density at radius 3 is 2.52 bits per heavy atom. The van der Waals surface area contributed by atoms with Crippen LogP contribution in [0.2, 0.25) is 0 Å². The number of nitrogens with zero attached hydrogens (tertiary/aromatic N) is 3. The van der Waals surface area contributed by atoms with E-state index in [1.165, 1.54) is 0 Å². The van der Waals surface area contributed by atoms with Gasteiger partial charge in [-0.2, -0.15) is 0 Å². The number of thiazole rings is 1. The average Bonchev–Trinajstić information content (AvgIpc) is 2.72. The lowest BCUT2D eigenvalue weighted by atomic mass is 10.1. The first-order chi connectivity index (χ1) is 10.0. The van der Waals surface area contributed by atoms with Gasteiger partial charge in [-0.3, -0.25) is 4.99 Å². The van der Waals surface area contributed by atoms with Crippen LogP contribution < -0.4 is 10.0 Å². The van der Waals surface area contributed by atoms with Crippen LogP contribution in [0.1, 0.15) is 24.5 Å². The molecular weight excluding hydrogens is 449 g/mol. The number of halogens is 1. The number of aliphatic imine (C=N–C) groups is 1. The SMILES string of the molecule is CN=C(NCC(C)(C)NS(C)(=O)=O)N(C)Cc1csc(C)n1.I. The largest absolute Gasteiger partial charge is 0.354 e. The predicted molar refractivity (Wildman–Crippen MR) is 107 cm³/mol.